The van der Waals surface area contributed by atoms with Crippen LogP contribution in [0.25, 0.3) is 5.65 Å². The molecule has 0 amide bonds. The Hall–Kier alpha value is -0.540. The molecule has 0 atom stereocenters. The molecule has 2 aromatic heterocycles. The number of nitrogens with zero attached hydrogens (tertiary/aromatic N) is 2. The number of hydrogen-bond acceptors (Lipinski definition) is 1. The van der Waals surface area contributed by atoms with Crippen molar-refractivity contribution in [2.45, 2.75) is 12.8 Å². The minimum atomic E-state index is 0.483. The molecule has 4 heteroatoms. The molecule has 0 fully saturated rings. The van der Waals surface area contributed by atoms with E-state index >= 15 is 0 Å². The number of imidazole rings is 1. The summed E-state index contributed by atoms with van der Waals surface area (Å²) in [6, 6.07) is 2.04. The first-order chi connectivity index (χ1) is 6.22. The maximum Gasteiger partial charge on any atom is 0.151 e. The number of hydrogen-bond donors (Lipinski definition) is 0. The van der Waals surface area contributed by atoms with Crippen LogP contribution in [0.15, 0.2) is 22.9 Å². The van der Waals surface area contributed by atoms with Crippen LogP contribution in [-0.2, 0) is 5.88 Å². The summed E-state index contributed by atoms with van der Waals surface area (Å²) in [4.78, 5) is 4.26. The molecule has 0 unspecified atom stereocenters. The van der Waals surface area contributed by atoms with Gasteiger partial charge in [0.05, 0.1) is 22.2 Å². The van der Waals surface area contributed by atoms with Crippen molar-refractivity contribution in [3.05, 3.63) is 34.2 Å². The fourth-order valence-electron chi connectivity index (χ4n) is 1.32. The van der Waals surface area contributed by atoms with Crippen LogP contribution in [0.5, 0.6) is 0 Å². The molecule has 0 spiro atoms. The Morgan fingerprint density at radius 2 is 2.38 bits per heavy atom. The van der Waals surface area contributed by atoms with Gasteiger partial charge in [0.2, 0.25) is 0 Å². The van der Waals surface area contributed by atoms with Gasteiger partial charge in [-0.05, 0) is 34.5 Å². The highest BCUT2D eigenvalue weighted by Gasteiger charge is 2.05. The molecule has 2 rings (SSSR count). The van der Waals surface area contributed by atoms with Crippen molar-refractivity contribution in [2.24, 2.45) is 0 Å². The van der Waals surface area contributed by atoms with Gasteiger partial charge >= 0.3 is 0 Å². The molecule has 0 bridgehead atoms. The second-order valence-corrected chi connectivity index (χ2v) is 4.06. The van der Waals surface area contributed by atoms with Crippen LogP contribution in [0, 0.1) is 6.92 Å². The van der Waals surface area contributed by atoms with Crippen molar-refractivity contribution >= 4 is 33.2 Å². The molecule has 0 saturated carbocycles. The van der Waals surface area contributed by atoms with E-state index in [2.05, 4.69) is 20.9 Å². The van der Waals surface area contributed by atoms with Crippen LogP contribution in [0.1, 0.15) is 11.3 Å². The van der Waals surface area contributed by atoms with Gasteiger partial charge in [-0.15, -0.1) is 11.6 Å². The molecular weight excluding hydrogens is 251 g/mol. The summed E-state index contributed by atoms with van der Waals surface area (Å²) < 4.78 is 3.01. The van der Waals surface area contributed by atoms with E-state index in [-0.39, 0.29) is 0 Å². The molecular formula is C9H8BrClN2. The summed E-state index contributed by atoms with van der Waals surface area (Å²) >= 11 is 9.24. The monoisotopic (exact) mass is 258 g/mol. The average molecular weight is 260 g/mol. The van der Waals surface area contributed by atoms with E-state index in [1.54, 1.807) is 6.20 Å². The Kier molecular flexibility index (Phi) is 2.30. The van der Waals surface area contributed by atoms with Gasteiger partial charge in [0.15, 0.2) is 5.65 Å². The first-order valence-electron chi connectivity index (χ1n) is 3.90. The van der Waals surface area contributed by atoms with E-state index in [0.717, 1.165) is 15.8 Å². The molecule has 2 heterocycles. The number of aryl methyl sites for hydroxylation is 1. The molecule has 0 aliphatic rings. The van der Waals surface area contributed by atoms with Crippen molar-refractivity contribution in [1.82, 2.24) is 9.38 Å². The van der Waals surface area contributed by atoms with Gasteiger partial charge in [0.1, 0.15) is 0 Å². The number of alkyl halides is 1. The van der Waals surface area contributed by atoms with E-state index in [0.29, 0.717) is 5.88 Å². The molecule has 68 valence electrons. The van der Waals surface area contributed by atoms with Crippen LogP contribution in [0.3, 0.4) is 0 Å². The van der Waals surface area contributed by atoms with E-state index in [1.165, 1.54) is 5.56 Å². The largest absolute Gasteiger partial charge is 0.302 e. The zero-order chi connectivity index (χ0) is 9.42. The van der Waals surface area contributed by atoms with Gasteiger partial charge in [0, 0.05) is 6.20 Å². The molecule has 0 aliphatic carbocycles. The van der Waals surface area contributed by atoms with Crippen molar-refractivity contribution in [1.29, 1.82) is 0 Å². The second-order valence-electron chi connectivity index (χ2n) is 2.94. The maximum atomic E-state index is 5.78. The number of fused-ring (bicyclic) bond motifs is 1. The van der Waals surface area contributed by atoms with E-state index in [4.69, 9.17) is 11.6 Å². The quantitative estimate of drug-likeness (QED) is 0.719. The lowest BCUT2D eigenvalue weighted by Gasteiger charge is -2.01. The lowest BCUT2D eigenvalue weighted by Crippen LogP contribution is -1.91. The summed E-state index contributed by atoms with van der Waals surface area (Å²) in [5.41, 5.74) is 3.12. The molecule has 2 aromatic rings. The standard InChI is InChI=1S/C9H8BrClN2/c1-6-2-8(10)9-12-4-7(3-11)13(9)5-6/h2,4-5H,3H2,1H3. The summed E-state index contributed by atoms with van der Waals surface area (Å²) in [6.07, 6.45) is 3.83. The smallest absolute Gasteiger partial charge is 0.151 e. The zero-order valence-electron chi connectivity index (χ0n) is 7.09. The Balaban J connectivity index is 2.82. The van der Waals surface area contributed by atoms with Gasteiger partial charge < -0.3 is 4.40 Å². The third-order valence-corrected chi connectivity index (χ3v) is 2.77. The topological polar surface area (TPSA) is 17.3 Å². The van der Waals surface area contributed by atoms with Crippen molar-refractivity contribution < 1.29 is 0 Å². The molecule has 0 saturated heterocycles. The van der Waals surface area contributed by atoms with Crippen LogP contribution in [-0.4, -0.2) is 9.38 Å². The minimum Gasteiger partial charge on any atom is -0.302 e. The molecule has 2 nitrogen and oxygen atoms in total. The zero-order valence-corrected chi connectivity index (χ0v) is 9.43. The molecule has 0 aromatic carbocycles. The highest BCUT2D eigenvalue weighted by Crippen LogP contribution is 2.20. The van der Waals surface area contributed by atoms with Crippen molar-refractivity contribution in [3.63, 3.8) is 0 Å². The highest BCUT2D eigenvalue weighted by molar-refractivity contribution is 9.10. The number of rotatable bonds is 1. The fraction of sp³-hybridized carbons (Fsp3) is 0.222. The Morgan fingerprint density at radius 3 is 3.08 bits per heavy atom. The third-order valence-electron chi connectivity index (χ3n) is 1.91. The van der Waals surface area contributed by atoms with Gasteiger partial charge in [0.25, 0.3) is 0 Å². The number of halogens is 2. The predicted octanol–water partition coefficient (Wildman–Crippen LogP) is 3.14. The van der Waals surface area contributed by atoms with E-state index < -0.39 is 0 Å². The van der Waals surface area contributed by atoms with Crippen molar-refractivity contribution in [3.8, 4) is 0 Å². The maximum absolute atomic E-state index is 5.78. The van der Waals surface area contributed by atoms with Gasteiger partial charge in [-0.2, -0.15) is 0 Å². The Labute approximate surface area is 89.7 Å². The first-order valence-corrected chi connectivity index (χ1v) is 5.23. The average Bonchev–Trinajstić information content (AvgIpc) is 2.47. The summed E-state index contributed by atoms with van der Waals surface area (Å²) in [5, 5.41) is 0. The van der Waals surface area contributed by atoms with Crippen LogP contribution < -0.4 is 0 Å². The van der Waals surface area contributed by atoms with E-state index in [1.807, 2.05) is 23.6 Å². The first kappa shape index (κ1) is 9.03. The normalized spacial score (nSPS) is 11.0. The van der Waals surface area contributed by atoms with E-state index in [9.17, 15) is 0 Å². The third kappa shape index (κ3) is 1.46. The van der Waals surface area contributed by atoms with Crippen molar-refractivity contribution in [2.75, 3.05) is 0 Å². The van der Waals surface area contributed by atoms with Gasteiger partial charge in [-0.25, -0.2) is 4.98 Å². The fourth-order valence-corrected chi connectivity index (χ4v) is 2.17. The lowest BCUT2D eigenvalue weighted by molar-refractivity contribution is 1.07. The predicted molar refractivity (Wildman–Crippen MR) is 57.2 cm³/mol. The molecule has 0 radical (unpaired) electrons. The minimum absolute atomic E-state index is 0.483. The van der Waals surface area contributed by atoms with Crippen LogP contribution >= 0.6 is 27.5 Å². The molecule has 13 heavy (non-hydrogen) atoms. The second kappa shape index (κ2) is 3.31. The number of pyridine rings is 1. The van der Waals surface area contributed by atoms with Crippen LogP contribution in [0.2, 0.25) is 0 Å². The summed E-state index contributed by atoms with van der Waals surface area (Å²) in [6.45, 7) is 2.04. The summed E-state index contributed by atoms with van der Waals surface area (Å²) in [5.74, 6) is 0.483. The Morgan fingerprint density at radius 1 is 1.62 bits per heavy atom. The van der Waals surface area contributed by atoms with Crippen LogP contribution in [0.4, 0.5) is 0 Å². The van der Waals surface area contributed by atoms with Gasteiger partial charge in [-0.3, -0.25) is 0 Å². The summed E-state index contributed by atoms with van der Waals surface area (Å²) in [7, 11) is 0. The SMILES string of the molecule is Cc1cc(Br)c2ncc(CCl)n2c1. The number of aromatic nitrogens is 2. The molecule has 0 aliphatic heterocycles. The molecule has 0 N–H and O–H groups in total. The Bertz CT molecular complexity index is 450. The highest BCUT2D eigenvalue weighted by atomic mass is 79.9. The lowest BCUT2D eigenvalue weighted by atomic mass is 10.3. The van der Waals surface area contributed by atoms with Gasteiger partial charge in [-0.1, -0.05) is 0 Å².